The van der Waals surface area contributed by atoms with Gasteiger partial charge in [-0.1, -0.05) is 18.2 Å². The van der Waals surface area contributed by atoms with Crippen LogP contribution in [-0.2, 0) is 13.1 Å². The Labute approximate surface area is 107 Å². The molecule has 0 radical (unpaired) electrons. The molecular formula is C14H19N3O. The van der Waals surface area contributed by atoms with Crippen LogP contribution in [0.5, 0.6) is 5.75 Å². The number of hydrogen-bond acceptors (Lipinski definition) is 3. The van der Waals surface area contributed by atoms with E-state index in [1.165, 1.54) is 5.56 Å². The largest absolute Gasteiger partial charge is 0.493 e. The summed E-state index contributed by atoms with van der Waals surface area (Å²) in [6.45, 7) is 4.10. The lowest BCUT2D eigenvalue weighted by Gasteiger charge is -2.10. The maximum atomic E-state index is 5.74. The number of nitrogens with zero attached hydrogens (tertiary/aromatic N) is 2. The van der Waals surface area contributed by atoms with E-state index in [-0.39, 0.29) is 0 Å². The molecule has 0 atom stereocenters. The molecule has 4 heteroatoms. The van der Waals surface area contributed by atoms with Gasteiger partial charge in [0.15, 0.2) is 0 Å². The first-order chi connectivity index (χ1) is 8.79. The molecule has 0 aliphatic rings. The number of aryl methyl sites for hydroxylation is 2. The monoisotopic (exact) mass is 245 g/mol. The minimum atomic E-state index is 0.508. The van der Waals surface area contributed by atoms with Crippen molar-refractivity contribution >= 4 is 0 Å². The summed E-state index contributed by atoms with van der Waals surface area (Å²) in [7, 11) is 0. The molecular weight excluding hydrogens is 226 g/mol. The minimum Gasteiger partial charge on any atom is -0.493 e. The van der Waals surface area contributed by atoms with Gasteiger partial charge in [-0.15, -0.1) is 0 Å². The quantitative estimate of drug-likeness (QED) is 0.793. The predicted octanol–water partition coefficient (Wildman–Crippen LogP) is 2.12. The van der Waals surface area contributed by atoms with E-state index < -0.39 is 0 Å². The zero-order chi connectivity index (χ0) is 12.8. The van der Waals surface area contributed by atoms with Gasteiger partial charge in [0.2, 0.25) is 0 Å². The van der Waals surface area contributed by atoms with E-state index in [0.29, 0.717) is 13.2 Å². The zero-order valence-corrected chi connectivity index (χ0v) is 10.7. The highest BCUT2D eigenvalue weighted by Gasteiger charge is 2.00. The Balaban J connectivity index is 1.78. The van der Waals surface area contributed by atoms with E-state index in [1.54, 1.807) is 0 Å². The molecule has 4 nitrogen and oxygen atoms in total. The third-order valence-corrected chi connectivity index (χ3v) is 2.74. The van der Waals surface area contributed by atoms with Crippen LogP contribution in [0.25, 0.3) is 0 Å². The van der Waals surface area contributed by atoms with Crippen molar-refractivity contribution in [2.75, 3.05) is 6.61 Å². The summed E-state index contributed by atoms with van der Waals surface area (Å²) in [6, 6.07) is 7.89. The molecule has 0 fully saturated rings. The molecule has 2 N–H and O–H groups in total. The summed E-state index contributed by atoms with van der Waals surface area (Å²) in [5, 5.41) is 4.24. The fourth-order valence-electron chi connectivity index (χ4n) is 1.81. The average molecular weight is 245 g/mol. The minimum absolute atomic E-state index is 0.508. The normalized spacial score (nSPS) is 10.6. The highest BCUT2D eigenvalue weighted by molar-refractivity contribution is 5.32. The Bertz CT molecular complexity index is 493. The molecule has 0 aliphatic heterocycles. The number of ether oxygens (including phenoxy) is 1. The van der Waals surface area contributed by atoms with Gasteiger partial charge in [0.1, 0.15) is 5.75 Å². The van der Waals surface area contributed by atoms with Crippen LogP contribution in [-0.4, -0.2) is 16.4 Å². The second kappa shape index (κ2) is 6.21. The summed E-state index contributed by atoms with van der Waals surface area (Å²) in [4.78, 5) is 0. The summed E-state index contributed by atoms with van der Waals surface area (Å²) < 4.78 is 7.67. The van der Waals surface area contributed by atoms with Gasteiger partial charge < -0.3 is 10.5 Å². The van der Waals surface area contributed by atoms with Crippen molar-refractivity contribution in [1.82, 2.24) is 9.78 Å². The molecule has 0 bridgehead atoms. The second-order valence-electron chi connectivity index (χ2n) is 4.29. The van der Waals surface area contributed by atoms with Gasteiger partial charge in [0, 0.05) is 31.3 Å². The first kappa shape index (κ1) is 12.6. The van der Waals surface area contributed by atoms with E-state index in [1.807, 2.05) is 48.3 Å². The van der Waals surface area contributed by atoms with Crippen molar-refractivity contribution in [3.8, 4) is 5.75 Å². The number of rotatable bonds is 6. The molecule has 0 amide bonds. The van der Waals surface area contributed by atoms with Gasteiger partial charge in [-0.3, -0.25) is 4.68 Å². The zero-order valence-electron chi connectivity index (χ0n) is 10.7. The number of benzene rings is 1. The third-order valence-electron chi connectivity index (χ3n) is 2.74. The van der Waals surface area contributed by atoms with E-state index in [4.69, 9.17) is 10.5 Å². The molecule has 2 aromatic rings. The van der Waals surface area contributed by atoms with Gasteiger partial charge in [0.25, 0.3) is 0 Å². The van der Waals surface area contributed by atoms with Crippen molar-refractivity contribution < 1.29 is 4.74 Å². The third kappa shape index (κ3) is 3.34. The lowest BCUT2D eigenvalue weighted by atomic mass is 10.2. The van der Waals surface area contributed by atoms with Crippen LogP contribution >= 0.6 is 0 Å². The first-order valence-electron chi connectivity index (χ1n) is 6.19. The molecule has 0 spiro atoms. The molecule has 18 heavy (non-hydrogen) atoms. The molecule has 1 heterocycles. The summed E-state index contributed by atoms with van der Waals surface area (Å²) in [5.41, 5.74) is 7.89. The summed E-state index contributed by atoms with van der Waals surface area (Å²) in [5.74, 6) is 0.886. The van der Waals surface area contributed by atoms with Crippen molar-refractivity contribution in [1.29, 1.82) is 0 Å². The van der Waals surface area contributed by atoms with Crippen LogP contribution in [0.1, 0.15) is 17.5 Å². The highest BCUT2D eigenvalue weighted by Crippen LogP contribution is 2.17. The Kier molecular flexibility index (Phi) is 4.36. The maximum Gasteiger partial charge on any atom is 0.123 e. The Morgan fingerprint density at radius 3 is 2.89 bits per heavy atom. The highest BCUT2D eigenvalue weighted by atomic mass is 16.5. The van der Waals surface area contributed by atoms with E-state index in [0.717, 1.165) is 24.3 Å². The SMILES string of the molecule is Cc1cnn(CCCOc2ccccc2CN)c1. The smallest absolute Gasteiger partial charge is 0.123 e. The lowest BCUT2D eigenvalue weighted by Crippen LogP contribution is -2.07. The van der Waals surface area contributed by atoms with Crippen LogP contribution in [0, 0.1) is 6.92 Å². The molecule has 2 rings (SSSR count). The molecule has 0 unspecified atom stereocenters. The lowest BCUT2D eigenvalue weighted by molar-refractivity contribution is 0.296. The Morgan fingerprint density at radius 1 is 1.33 bits per heavy atom. The fraction of sp³-hybridized carbons (Fsp3) is 0.357. The number of aromatic nitrogens is 2. The molecule has 1 aromatic carbocycles. The van der Waals surface area contributed by atoms with Crippen LogP contribution in [0.3, 0.4) is 0 Å². The van der Waals surface area contributed by atoms with E-state index in [2.05, 4.69) is 5.10 Å². The molecule has 1 aromatic heterocycles. The standard InChI is InChI=1S/C14H19N3O/c1-12-10-16-17(11-12)7-4-8-18-14-6-3-2-5-13(14)9-15/h2-3,5-6,10-11H,4,7-9,15H2,1H3. The topological polar surface area (TPSA) is 53.1 Å². The molecule has 0 saturated heterocycles. The van der Waals surface area contributed by atoms with E-state index in [9.17, 15) is 0 Å². The van der Waals surface area contributed by atoms with Gasteiger partial charge in [-0.05, 0) is 18.6 Å². The second-order valence-corrected chi connectivity index (χ2v) is 4.29. The fourth-order valence-corrected chi connectivity index (χ4v) is 1.81. The maximum absolute atomic E-state index is 5.74. The van der Waals surface area contributed by atoms with Gasteiger partial charge in [0.05, 0.1) is 12.8 Å². The van der Waals surface area contributed by atoms with Gasteiger partial charge in [-0.2, -0.15) is 5.10 Å². The van der Waals surface area contributed by atoms with Gasteiger partial charge in [-0.25, -0.2) is 0 Å². The Hall–Kier alpha value is -1.81. The predicted molar refractivity (Wildman–Crippen MR) is 71.4 cm³/mol. The first-order valence-corrected chi connectivity index (χ1v) is 6.19. The van der Waals surface area contributed by atoms with Crippen LogP contribution in [0.15, 0.2) is 36.7 Å². The van der Waals surface area contributed by atoms with Crippen molar-refractivity contribution in [2.45, 2.75) is 26.4 Å². The van der Waals surface area contributed by atoms with Gasteiger partial charge >= 0.3 is 0 Å². The summed E-state index contributed by atoms with van der Waals surface area (Å²) in [6.07, 6.45) is 4.83. The van der Waals surface area contributed by atoms with Crippen LogP contribution < -0.4 is 10.5 Å². The van der Waals surface area contributed by atoms with Crippen LogP contribution in [0.2, 0.25) is 0 Å². The van der Waals surface area contributed by atoms with Crippen molar-refractivity contribution in [3.05, 3.63) is 47.8 Å². The van der Waals surface area contributed by atoms with Crippen LogP contribution in [0.4, 0.5) is 0 Å². The van der Waals surface area contributed by atoms with Crippen molar-refractivity contribution in [3.63, 3.8) is 0 Å². The molecule has 0 aliphatic carbocycles. The van der Waals surface area contributed by atoms with E-state index >= 15 is 0 Å². The molecule has 0 saturated carbocycles. The average Bonchev–Trinajstić information content (AvgIpc) is 2.81. The summed E-state index contributed by atoms with van der Waals surface area (Å²) >= 11 is 0. The number of para-hydroxylation sites is 1. The Morgan fingerprint density at radius 2 is 2.17 bits per heavy atom. The number of hydrogen-bond donors (Lipinski definition) is 1. The number of nitrogens with two attached hydrogens (primary N) is 1. The molecule has 96 valence electrons. The van der Waals surface area contributed by atoms with Crippen molar-refractivity contribution in [2.24, 2.45) is 5.73 Å².